The Morgan fingerprint density at radius 2 is 1.48 bits per heavy atom. The molecule has 7 nitrogen and oxygen atoms in total. The second-order valence-corrected chi connectivity index (χ2v) is 5.53. The molecule has 132 valence electrons. The third kappa shape index (κ3) is 5.22. The summed E-state index contributed by atoms with van der Waals surface area (Å²) in [6.07, 6.45) is 0. The molecule has 0 saturated heterocycles. The predicted molar refractivity (Wildman–Crippen MR) is 90.7 cm³/mol. The third-order valence-electron chi connectivity index (χ3n) is 3.61. The molecule has 0 aliphatic rings. The molecule has 0 aromatic heterocycles. The third-order valence-corrected chi connectivity index (χ3v) is 3.61. The van der Waals surface area contributed by atoms with E-state index in [4.69, 9.17) is 10.5 Å². The Morgan fingerprint density at radius 3 is 1.96 bits per heavy atom. The number of aromatic hydroxyl groups is 2. The number of nitrogens with two attached hydrogens (primary N) is 1. The number of nitrogens with one attached hydrogen (secondary N) is 1. The number of ether oxygens (including phenoxy) is 1. The molecule has 0 heterocycles. The van der Waals surface area contributed by atoms with E-state index in [-0.39, 0.29) is 11.5 Å². The number of esters is 1. The average Bonchev–Trinajstić information content (AvgIpc) is 2.59. The van der Waals surface area contributed by atoms with Gasteiger partial charge in [-0.15, -0.1) is 0 Å². The Labute approximate surface area is 145 Å². The number of phenolic OH excluding ortho intramolecular Hbond substituents is 2. The van der Waals surface area contributed by atoms with E-state index in [1.54, 1.807) is 24.3 Å². The van der Waals surface area contributed by atoms with Crippen LogP contribution in [-0.4, -0.2) is 28.7 Å². The van der Waals surface area contributed by atoms with Gasteiger partial charge in [0.05, 0.1) is 12.1 Å². The van der Waals surface area contributed by atoms with Crippen LogP contribution >= 0.6 is 0 Å². The lowest BCUT2D eigenvalue weighted by atomic mass is 9.94. The fraction of sp³-hybridized carbons (Fsp3) is 0.222. The summed E-state index contributed by atoms with van der Waals surface area (Å²) in [5, 5.41) is 21.6. The second-order valence-electron chi connectivity index (χ2n) is 5.53. The number of carbonyl (C=O) groups excluding carboxylic acids is 2. The van der Waals surface area contributed by atoms with Gasteiger partial charge in [-0.05, 0) is 35.4 Å². The maximum Gasteiger partial charge on any atom is 0.303 e. The van der Waals surface area contributed by atoms with Crippen LogP contribution in [0, 0.1) is 0 Å². The molecule has 0 bridgehead atoms. The Morgan fingerprint density at radius 1 is 1.00 bits per heavy atom. The van der Waals surface area contributed by atoms with E-state index in [0.717, 1.165) is 0 Å². The van der Waals surface area contributed by atoms with E-state index < -0.39 is 30.6 Å². The van der Waals surface area contributed by atoms with Gasteiger partial charge in [-0.1, -0.05) is 24.3 Å². The average molecular weight is 344 g/mol. The molecule has 1 amide bonds. The smallest absolute Gasteiger partial charge is 0.303 e. The lowest BCUT2D eigenvalue weighted by Gasteiger charge is -2.26. The Kier molecular flexibility index (Phi) is 5.97. The first-order valence-corrected chi connectivity index (χ1v) is 7.63. The number of hydrogen-bond acceptors (Lipinski definition) is 6. The first-order chi connectivity index (χ1) is 11.9. The molecule has 2 atom stereocenters. The molecule has 25 heavy (non-hydrogen) atoms. The van der Waals surface area contributed by atoms with Crippen molar-refractivity contribution in [3.8, 4) is 11.5 Å². The van der Waals surface area contributed by atoms with Crippen molar-refractivity contribution in [2.75, 3.05) is 6.61 Å². The fourth-order valence-corrected chi connectivity index (χ4v) is 2.33. The van der Waals surface area contributed by atoms with Crippen LogP contribution in [0.25, 0.3) is 0 Å². The zero-order chi connectivity index (χ0) is 18.4. The highest BCUT2D eigenvalue weighted by Gasteiger charge is 2.24. The lowest BCUT2D eigenvalue weighted by Crippen LogP contribution is -2.38. The SMILES string of the molecule is CC(=O)OCC(=O)NC(c1ccc(O)cc1)C(N)c1ccc(O)cc1. The molecule has 0 aliphatic heterocycles. The van der Waals surface area contributed by atoms with Crippen molar-refractivity contribution in [1.29, 1.82) is 0 Å². The normalized spacial score (nSPS) is 12.9. The number of hydrogen-bond donors (Lipinski definition) is 4. The van der Waals surface area contributed by atoms with Crippen LogP contribution in [0.15, 0.2) is 48.5 Å². The van der Waals surface area contributed by atoms with Crippen LogP contribution in [0.1, 0.15) is 30.1 Å². The topological polar surface area (TPSA) is 122 Å². The van der Waals surface area contributed by atoms with Gasteiger partial charge in [0, 0.05) is 6.92 Å². The minimum Gasteiger partial charge on any atom is -0.508 e. The van der Waals surface area contributed by atoms with Crippen LogP contribution in [0.5, 0.6) is 11.5 Å². The molecule has 0 spiro atoms. The summed E-state index contributed by atoms with van der Waals surface area (Å²) in [4.78, 5) is 22.9. The lowest BCUT2D eigenvalue weighted by molar-refractivity contribution is -0.146. The van der Waals surface area contributed by atoms with Crippen molar-refractivity contribution < 1.29 is 24.5 Å². The van der Waals surface area contributed by atoms with Gasteiger partial charge in [0.2, 0.25) is 0 Å². The van der Waals surface area contributed by atoms with Gasteiger partial charge >= 0.3 is 5.97 Å². The maximum absolute atomic E-state index is 12.1. The van der Waals surface area contributed by atoms with Crippen molar-refractivity contribution >= 4 is 11.9 Å². The van der Waals surface area contributed by atoms with Gasteiger partial charge in [0.15, 0.2) is 6.61 Å². The van der Waals surface area contributed by atoms with E-state index >= 15 is 0 Å². The predicted octanol–water partition coefficient (Wildman–Crippen LogP) is 1.52. The maximum atomic E-state index is 12.1. The van der Waals surface area contributed by atoms with Gasteiger partial charge in [-0.3, -0.25) is 9.59 Å². The molecule has 2 rings (SSSR count). The van der Waals surface area contributed by atoms with Crippen molar-refractivity contribution in [3.63, 3.8) is 0 Å². The number of carbonyl (C=O) groups is 2. The minimum absolute atomic E-state index is 0.0898. The highest BCUT2D eigenvalue weighted by Crippen LogP contribution is 2.29. The molecule has 0 saturated carbocycles. The van der Waals surface area contributed by atoms with Crippen LogP contribution in [-0.2, 0) is 14.3 Å². The number of amides is 1. The van der Waals surface area contributed by atoms with E-state index in [1.807, 2.05) is 0 Å². The second kappa shape index (κ2) is 8.16. The monoisotopic (exact) mass is 344 g/mol. The van der Waals surface area contributed by atoms with E-state index in [2.05, 4.69) is 5.32 Å². The Bertz CT molecular complexity index is 728. The molecule has 0 aliphatic carbocycles. The number of benzene rings is 2. The van der Waals surface area contributed by atoms with Crippen LogP contribution in [0.3, 0.4) is 0 Å². The van der Waals surface area contributed by atoms with Crippen LogP contribution < -0.4 is 11.1 Å². The van der Waals surface area contributed by atoms with E-state index in [9.17, 15) is 19.8 Å². The number of rotatable bonds is 6. The summed E-state index contributed by atoms with van der Waals surface area (Å²) in [6, 6.07) is 11.4. The first kappa shape index (κ1) is 18.3. The zero-order valence-corrected chi connectivity index (χ0v) is 13.7. The van der Waals surface area contributed by atoms with E-state index in [0.29, 0.717) is 11.1 Å². The molecule has 2 unspecified atom stereocenters. The summed E-state index contributed by atoms with van der Waals surface area (Å²) in [5.74, 6) is -0.857. The van der Waals surface area contributed by atoms with Gasteiger partial charge < -0.3 is 26.0 Å². The quantitative estimate of drug-likeness (QED) is 0.589. The minimum atomic E-state index is -0.619. The molecule has 0 fully saturated rings. The van der Waals surface area contributed by atoms with E-state index in [1.165, 1.54) is 31.2 Å². The molecule has 0 radical (unpaired) electrons. The fourth-order valence-electron chi connectivity index (χ4n) is 2.33. The van der Waals surface area contributed by atoms with Crippen molar-refractivity contribution in [2.24, 2.45) is 5.73 Å². The summed E-state index contributed by atoms with van der Waals surface area (Å²) in [5.41, 5.74) is 7.67. The molecule has 5 N–H and O–H groups in total. The van der Waals surface area contributed by atoms with Crippen molar-refractivity contribution in [1.82, 2.24) is 5.32 Å². The Balaban J connectivity index is 2.24. The van der Waals surface area contributed by atoms with Gasteiger partial charge in [0.1, 0.15) is 11.5 Å². The molecule has 2 aromatic carbocycles. The van der Waals surface area contributed by atoms with Gasteiger partial charge in [0.25, 0.3) is 5.91 Å². The Hall–Kier alpha value is -3.06. The van der Waals surface area contributed by atoms with Crippen LogP contribution in [0.2, 0.25) is 0 Å². The van der Waals surface area contributed by atoms with Gasteiger partial charge in [-0.2, -0.15) is 0 Å². The van der Waals surface area contributed by atoms with Gasteiger partial charge in [-0.25, -0.2) is 0 Å². The highest BCUT2D eigenvalue weighted by molar-refractivity contribution is 5.80. The standard InChI is InChI=1S/C18H20N2O5/c1-11(21)25-10-16(24)20-18(13-4-8-15(23)9-5-13)17(19)12-2-6-14(22)7-3-12/h2-9,17-18,22-23H,10,19H2,1H3,(H,20,24). The largest absolute Gasteiger partial charge is 0.508 e. The summed E-state index contributed by atoms with van der Waals surface area (Å²) < 4.78 is 4.70. The molecular formula is C18H20N2O5. The van der Waals surface area contributed by atoms with Crippen LogP contribution in [0.4, 0.5) is 0 Å². The first-order valence-electron chi connectivity index (χ1n) is 7.63. The molecule has 2 aromatic rings. The summed E-state index contributed by atoms with van der Waals surface area (Å²) in [6.45, 7) is 0.805. The van der Waals surface area contributed by atoms with Crippen molar-refractivity contribution in [3.05, 3.63) is 59.7 Å². The molecule has 7 heteroatoms. The van der Waals surface area contributed by atoms with Crippen molar-refractivity contribution in [2.45, 2.75) is 19.0 Å². The zero-order valence-electron chi connectivity index (χ0n) is 13.7. The summed E-state index contributed by atoms with van der Waals surface area (Å²) in [7, 11) is 0. The highest BCUT2D eigenvalue weighted by atomic mass is 16.5. The summed E-state index contributed by atoms with van der Waals surface area (Å²) >= 11 is 0. The number of phenols is 2. The molecular weight excluding hydrogens is 324 g/mol.